The molecule has 2 N–H and O–H groups in total. The summed E-state index contributed by atoms with van der Waals surface area (Å²) in [6.45, 7) is 2.14. The summed E-state index contributed by atoms with van der Waals surface area (Å²) in [5.41, 5.74) is 1.11. The van der Waals surface area contributed by atoms with E-state index >= 15 is 0 Å². The van der Waals surface area contributed by atoms with Crippen molar-refractivity contribution >= 4 is 12.4 Å². The van der Waals surface area contributed by atoms with Crippen molar-refractivity contribution in [1.82, 2.24) is 5.32 Å². The number of nitrogens with one attached hydrogen (secondary N) is 1. The van der Waals surface area contributed by atoms with Crippen LogP contribution in [-0.2, 0) is 0 Å². The molecule has 0 spiro atoms. The number of para-hydroxylation sites is 1. The second kappa shape index (κ2) is 5.23. The summed E-state index contributed by atoms with van der Waals surface area (Å²) in [4.78, 5) is 0. The largest absolute Gasteiger partial charge is 0.508 e. The predicted octanol–water partition coefficient (Wildman–Crippen LogP) is 2.28. The van der Waals surface area contributed by atoms with Crippen LogP contribution in [0.5, 0.6) is 5.75 Å². The summed E-state index contributed by atoms with van der Waals surface area (Å²) < 4.78 is 0. The van der Waals surface area contributed by atoms with E-state index in [1.165, 1.54) is 0 Å². The molecule has 0 aliphatic carbocycles. The molecule has 1 fully saturated rings. The number of rotatable bonds is 1. The van der Waals surface area contributed by atoms with E-state index in [4.69, 9.17) is 0 Å². The zero-order valence-corrected chi connectivity index (χ0v) is 8.89. The molecule has 2 rings (SSSR count). The first-order valence-corrected chi connectivity index (χ1v) is 4.86. The molecule has 2 nitrogen and oxygen atoms in total. The zero-order chi connectivity index (χ0) is 9.10. The van der Waals surface area contributed by atoms with E-state index in [-0.39, 0.29) is 12.4 Å². The molecule has 78 valence electrons. The maximum atomic E-state index is 9.64. The molecule has 1 aliphatic heterocycles. The molecule has 0 radical (unpaired) electrons. The molecular formula is C11H16ClNO. The maximum absolute atomic E-state index is 9.64. The predicted molar refractivity (Wildman–Crippen MR) is 60.2 cm³/mol. The van der Waals surface area contributed by atoms with Crippen LogP contribution in [0.3, 0.4) is 0 Å². The molecule has 3 heteroatoms. The fourth-order valence-electron chi connectivity index (χ4n) is 1.97. The quantitative estimate of drug-likeness (QED) is 0.750. The Balaban J connectivity index is 0.000000980. The summed E-state index contributed by atoms with van der Waals surface area (Å²) in [5, 5.41) is 13.0. The lowest BCUT2D eigenvalue weighted by Crippen LogP contribution is -2.26. The number of benzene rings is 1. The van der Waals surface area contributed by atoms with Gasteiger partial charge in [0.2, 0.25) is 0 Å². The van der Waals surface area contributed by atoms with Crippen molar-refractivity contribution in [3.05, 3.63) is 29.8 Å². The second-order valence-electron chi connectivity index (χ2n) is 3.58. The van der Waals surface area contributed by atoms with Gasteiger partial charge < -0.3 is 10.4 Å². The Morgan fingerprint density at radius 1 is 1.14 bits per heavy atom. The summed E-state index contributed by atoms with van der Waals surface area (Å²) in [5.74, 6) is 0.997. The molecule has 1 saturated heterocycles. The summed E-state index contributed by atoms with van der Waals surface area (Å²) in [7, 11) is 0. The van der Waals surface area contributed by atoms with Gasteiger partial charge >= 0.3 is 0 Å². The minimum Gasteiger partial charge on any atom is -0.508 e. The molecule has 0 atom stereocenters. The van der Waals surface area contributed by atoms with Gasteiger partial charge in [-0.3, -0.25) is 0 Å². The van der Waals surface area contributed by atoms with Gasteiger partial charge in [-0.25, -0.2) is 0 Å². The third-order valence-corrected chi connectivity index (χ3v) is 2.72. The molecular weight excluding hydrogens is 198 g/mol. The van der Waals surface area contributed by atoms with Crippen LogP contribution < -0.4 is 5.32 Å². The van der Waals surface area contributed by atoms with Crippen LogP contribution >= 0.6 is 12.4 Å². The Kier molecular flexibility index (Phi) is 4.23. The number of phenolic OH excluding ortho intramolecular Hbond substituents is 1. The van der Waals surface area contributed by atoms with Crippen LogP contribution in [0.4, 0.5) is 0 Å². The van der Waals surface area contributed by atoms with E-state index in [2.05, 4.69) is 5.32 Å². The zero-order valence-electron chi connectivity index (χ0n) is 8.07. The van der Waals surface area contributed by atoms with Gasteiger partial charge in [-0.15, -0.1) is 12.4 Å². The normalized spacial score (nSPS) is 17.4. The molecule has 0 aromatic heterocycles. The third-order valence-electron chi connectivity index (χ3n) is 2.72. The summed E-state index contributed by atoms with van der Waals surface area (Å²) in [6, 6.07) is 7.68. The highest BCUT2D eigenvalue weighted by atomic mass is 35.5. The Morgan fingerprint density at radius 2 is 1.79 bits per heavy atom. The monoisotopic (exact) mass is 213 g/mol. The molecule has 14 heavy (non-hydrogen) atoms. The van der Waals surface area contributed by atoms with Crippen LogP contribution in [0.2, 0.25) is 0 Å². The van der Waals surface area contributed by atoms with Crippen molar-refractivity contribution < 1.29 is 5.11 Å². The van der Waals surface area contributed by atoms with Crippen LogP contribution in [0.1, 0.15) is 24.3 Å². The van der Waals surface area contributed by atoms with Gasteiger partial charge in [0.25, 0.3) is 0 Å². The lowest BCUT2D eigenvalue weighted by molar-refractivity contribution is 0.424. The Labute approximate surface area is 90.7 Å². The first-order chi connectivity index (χ1) is 6.38. The molecule has 0 saturated carbocycles. The van der Waals surface area contributed by atoms with E-state index in [1.54, 1.807) is 6.07 Å². The molecule has 0 unspecified atom stereocenters. The number of hydrogen-bond acceptors (Lipinski definition) is 2. The summed E-state index contributed by atoms with van der Waals surface area (Å²) >= 11 is 0. The van der Waals surface area contributed by atoms with E-state index in [9.17, 15) is 5.11 Å². The average Bonchev–Trinajstić information content (AvgIpc) is 2.20. The minimum absolute atomic E-state index is 0. The SMILES string of the molecule is Cl.Oc1ccccc1C1CCNCC1. The van der Waals surface area contributed by atoms with Crippen molar-refractivity contribution in [2.45, 2.75) is 18.8 Å². The summed E-state index contributed by atoms with van der Waals surface area (Å²) in [6.07, 6.45) is 2.27. The van der Waals surface area contributed by atoms with Gasteiger partial charge in [-0.1, -0.05) is 18.2 Å². The van der Waals surface area contributed by atoms with Crippen molar-refractivity contribution in [3.8, 4) is 5.75 Å². The highest BCUT2D eigenvalue weighted by Gasteiger charge is 2.17. The first-order valence-electron chi connectivity index (χ1n) is 4.86. The van der Waals surface area contributed by atoms with Gasteiger partial charge in [-0.2, -0.15) is 0 Å². The van der Waals surface area contributed by atoms with E-state index in [0.717, 1.165) is 31.5 Å². The molecule has 0 amide bonds. The highest BCUT2D eigenvalue weighted by molar-refractivity contribution is 5.85. The Hall–Kier alpha value is -0.730. The third kappa shape index (κ3) is 2.40. The van der Waals surface area contributed by atoms with Crippen LogP contribution in [0.15, 0.2) is 24.3 Å². The van der Waals surface area contributed by atoms with E-state index in [1.807, 2.05) is 18.2 Å². The van der Waals surface area contributed by atoms with Crippen molar-refractivity contribution in [1.29, 1.82) is 0 Å². The van der Waals surface area contributed by atoms with Crippen molar-refractivity contribution in [3.63, 3.8) is 0 Å². The standard InChI is InChI=1S/C11H15NO.ClH/c13-11-4-2-1-3-10(11)9-5-7-12-8-6-9;/h1-4,9,12-13H,5-8H2;1H. The smallest absolute Gasteiger partial charge is 0.119 e. The Morgan fingerprint density at radius 3 is 2.43 bits per heavy atom. The minimum atomic E-state index is 0. The number of phenols is 1. The first kappa shape index (κ1) is 11.3. The van der Waals surface area contributed by atoms with Gasteiger partial charge in [0, 0.05) is 0 Å². The lowest BCUT2D eigenvalue weighted by Gasteiger charge is -2.23. The van der Waals surface area contributed by atoms with Crippen molar-refractivity contribution in [2.24, 2.45) is 0 Å². The molecule has 1 aromatic rings. The van der Waals surface area contributed by atoms with E-state index in [0.29, 0.717) is 11.7 Å². The highest BCUT2D eigenvalue weighted by Crippen LogP contribution is 2.31. The number of halogens is 1. The van der Waals surface area contributed by atoms with E-state index < -0.39 is 0 Å². The van der Waals surface area contributed by atoms with Crippen LogP contribution in [0, 0.1) is 0 Å². The second-order valence-corrected chi connectivity index (χ2v) is 3.58. The van der Waals surface area contributed by atoms with Crippen molar-refractivity contribution in [2.75, 3.05) is 13.1 Å². The van der Waals surface area contributed by atoms with Crippen LogP contribution in [-0.4, -0.2) is 18.2 Å². The van der Waals surface area contributed by atoms with Gasteiger partial charge in [0.05, 0.1) is 0 Å². The van der Waals surface area contributed by atoms with Crippen LogP contribution in [0.25, 0.3) is 0 Å². The number of hydrogen-bond donors (Lipinski definition) is 2. The van der Waals surface area contributed by atoms with Gasteiger partial charge in [-0.05, 0) is 43.5 Å². The molecule has 0 bridgehead atoms. The molecule has 1 aromatic carbocycles. The number of piperidine rings is 1. The lowest BCUT2D eigenvalue weighted by atomic mass is 9.90. The maximum Gasteiger partial charge on any atom is 0.119 e. The number of aromatic hydroxyl groups is 1. The molecule has 1 aliphatic rings. The fraction of sp³-hybridized carbons (Fsp3) is 0.455. The van der Waals surface area contributed by atoms with Gasteiger partial charge in [0.15, 0.2) is 0 Å². The Bertz CT molecular complexity index is 284. The fourth-order valence-corrected chi connectivity index (χ4v) is 1.97. The average molecular weight is 214 g/mol. The molecule has 1 heterocycles. The van der Waals surface area contributed by atoms with Gasteiger partial charge in [0.1, 0.15) is 5.75 Å². The topological polar surface area (TPSA) is 32.3 Å².